The molecule has 2 rings (SSSR count). The van der Waals surface area contributed by atoms with E-state index in [-0.39, 0.29) is 29.3 Å². The Morgan fingerprint density at radius 1 is 1.21 bits per heavy atom. The smallest absolute Gasteiger partial charge is 0.239 e. The van der Waals surface area contributed by atoms with E-state index in [9.17, 15) is 9.59 Å². The van der Waals surface area contributed by atoms with Gasteiger partial charge in [-0.2, -0.15) is 4.98 Å². The van der Waals surface area contributed by atoms with Crippen LogP contribution in [0.25, 0.3) is 0 Å². The molecule has 0 atom stereocenters. The number of carbonyl (C=O) groups is 2. The van der Waals surface area contributed by atoms with Crippen molar-refractivity contribution in [1.82, 2.24) is 20.5 Å². The second-order valence-corrected chi connectivity index (χ2v) is 6.13. The van der Waals surface area contributed by atoms with Crippen LogP contribution in [-0.4, -0.2) is 45.0 Å². The van der Waals surface area contributed by atoms with Crippen LogP contribution < -0.4 is 16.4 Å². The molecule has 0 aliphatic rings. The van der Waals surface area contributed by atoms with Gasteiger partial charge in [0, 0.05) is 18.7 Å². The summed E-state index contributed by atoms with van der Waals surface area (Å²) in [5.74, 6) is 0.994. The van der Waals surface area contributed by atoms with Gasteiger partial charge in [0.25, 0.3) is 0 Å². The largest absolute Gasteiger partial charge is 0.367 e. The van der Waals surface area contributed by atoms with Gasteiger partial charge >= 0.3 is 0 Å². The maximum absolute atomic E-state index is 11.8. The molecule has 0 bridgehead atoms. The third kappa shape index (κ3) is 6.29. The number of amides is 2. The molecule has 2 aromatic rings. The number of carbonyl (C=O) groups excluding carboxylic acids is 2. The predicted molar refractivity (Wildman–Crippen MR) is 94.6 cm³/mol. The average Bonchev–Trinajstić information content (AvgIpc) is 2.95. The number of nitrogens with two attached hydrogens (primary N) is 1. The summed E-state index contributed by atoms with van der Waals surface area (Å²) in [6.45, 7) is 2.42. The van der Waals surface area contributed by atoms with Gasteiger partial charge in [-0.15, -0.1) is 16.9 Å². The highest BCUT2D eigenvalue weighted by Gasteiger charge is 2.06. The SMILES string of the molecule is Cc1ccc(NC(=O)CSCC(=O)NCCc2nc(N)n[nH]2)cc1. The first-order chi connectivity index (χ1) is 11.5. The molecule has 5 N–H and O–H groups in total. The highest BCUT2D eigenvalue weighted by atomic mass is 32.2. The Morgan fingerprint density at radius 3 is 2.58 bits per heavy atom. The van der Waals surface area contributed by atoms with E-state index in [1.54, 1.807) is 0 Å². The molecule has 0 spiro atoms. The predicted octanol–water partition coefficient (Wildman–Crippen LogP) is 0.726. The maximum atomic E-state index is 11.8. The van der Waals surface area contributed by atoms with Crippen LogP contribution in [0, 0.1) is 6.92 Å². The van der Waals surface area contributed by atoms with Crippen molar-refractivity contribution in [3.63, 3.8) is 0 Å². The first kappa shape index (κ1) is 17.8. The van der Waals surface area contributed by atoms with Crippen molar-refractivity contribution in [3.05, 3.63) is 35.7 Å². The number of H-pyrrole nitrogens is 1. The van der Waals surface area contributed by atoms with Gasteiger partial charge in [-0.05, 0) is 19.1 Å². The lowest BCUT2D eigenvalue weighted by Gasteiger charge is -2.06. The highest BCUT2D eigenvalue weighted by Crippen LogP contribution is 2.09. The number of benzene rings is 1. The van der Waals surface area contributed by atoms with Crippen LogP contribution in [0.3, 0.4) is 0 Å². The van der Waals surface area contributed by atoms with Gasteiger partial charge in [-0.3, -0.25) is 14.7 Å². The topological polar surface area (TPSA) is 126 Å². The number of aryl methyl sites for hydroxylation is 1. The third-order valence-electron chi connectivity index (χ3n) is 3.03. The van der Waals surface area contributed by atoms with Crippen molar-refractivity contribution >= 4 is 35.2 Å². The summed E-state index contributed by atoms with van der Waals surface area (Å²) in [4.78, 5) is 27.4. The minimum atomic E-state index is -0.131. The van der Waals surface area contributed by atoms with Crippen LogP contribution in [-0.2, 0) is 16.0 Å². The number of rotatable bonds is 8. The minimum absolute atomic E-state index is 0.129. The van der Waals surface area contributed by atoms with E-state index in [0.29, 0.717) is 18.8 Å². The lowest BCUT2D eigenvalue weighted by molar-refractivity contribution is -0.118. The van der Waals surface area contributed by atoms with Crippen molar-refractivity contribution in [2.45, 2.75) is 13.3 Å². The molecule has 8 nitrogen and oxygen atoms in total. The molecule has 1 aromatic heterocycles. The molecule has 0 unspecified atom stereocenters. The minimum Gasteiger partial charge on any atom is -0.367 e. The molecule has 24 heavy (non-hydrogen) atoms. The quantitative estimate of drug-likeness (QED) is 0.557. The van der Waals surface area contributed by atoms with Gasteiger partial charge in [-0.25, -0.2) is 0 Å². The number of nitrogen functional groups attached to an aromatic ring is 1. The normalized spacial score (nSPS) is 10.4. The molecule has 0 fully saturated rings. The standard InChI is InChI=1S/C15H20N6O2S/c1-10-2-4-11(5-3-10)18-14(23)9-24-8-13(22)17-7-6-12-19-15(16)21-20-12/h2-5H,6-9H2,1H3,(H,17,22)(H,18,23)(H3,16,19,20,21). The van der Waals surface area contributed by atoms with Crippen LogP contribution in [0.1, 0.15) is 11.4 Å². The van der Waals surface area contributed by atoms with Gasteiger partial charge in [0.15, 0.2) is 0 Å². The zero-order valence-electron chi connectivity index (χ0n) is 13.3. The number of anilines is 2. The molecule has 0 saturated carbocycles. The first-order valence-corrected chi connectivity index (χ1v) is 8.56. The van der Waals surface area contributed by atoms with Crippen molar-refractivity contribution in [2.24, 2.45) is 0 Å². The van der Waals surface area contributed by atoms with Gasteiger partial charge in [0.05, 0.1) is 11.5 Å². The summed E-state index contributed by atoms with van der Waals surface area (Å²) in [6, 6.07) is 7.55. The van der Waals surface area contributed by atoms with Crippen molar-refractivity contribution in [3.8, 4) is 0 Å². The summed E-state index contributed by atoms with van der Waals surface area (Å²) in [6.07, 6.45) is 0.522. The average molecular weight is 348 g/mol. The number of nitrogens with zero attached hydrogens (tertiary/aromatic N) is 2. The number of hydrogen-bond donors (Lipinski definition) is 4. The van der Waals surface area contributed by atoms with Crippen LogP contribution >= 0.6 is 11.8 Å². The zero-order chi connectivity index (χ0) is 17.4. The molecule has 0 aliphatic heterocycles. The molecular formula is C15H20N6O2S. The Balaban J connectivity index is 1.58. The van der Waals surface area contributed by atoms with Gasteiger partial charge in [0.1, 0.15) is 5.82 Å². The monoisotopic (exact) mass is 348 g/mol. The highest BCUT2D eigenvalue weighted by molar-refractivity contribution is 8.00. The van der Waals surface area contributed by atoms with Gasteiger partial charge in [0.2, 0.25) is 17.8 Å². The number of nitrogens with one attached hydrogen (secondary N) is 3. The summed E-state index contributed by atoms with van der Waals surface area (Å²) in [5, 5.41) is 11.9. The van der Waals surface area contributed by atoms with Crippen molar-refractivity contribution in [1.29, 1.82) is 0 Å². The van der Waals surface area contributed by atoms with E-state index < -0.39 is 0 Å². The van der Waals surface area contributed by atoms with Crippen LogP contribution in [0.4, 0.5) is 11.6 Å². The van der Waals surface area contributed by atoms with Gasteiger partial charge in [-0.1, -0.05) is 17.7 Å². The number of aromatic nitrogens is 3. The first-order valence-electron chi connectivity index (χ1n) is 7.40. The second kappa shape index (κ2) is 8.92. The van der Waals surface area contributed by atoms with E-state index >= 15 is 0 Å². The zero-order valence-corrected chi connectivity index (χ0v) is 14.2. The maximum Gasteiger partial charge on any atom is 0.239 e. The molecule has 1 aromatic carbocycles. The lowest BCUT2D eigenvalue weighted by Crippen LogP contribution is -2.28. The lowest BCUT2D eigenvalue weighted by atomic mass is 10.2. The fourth-order valence-electron chi connectivity index (χ4n) is 1.86. The van der Waals surface area contributed by atoms with Crippen LogP contribution in [0.5, 0.6) is 0 Å². The summed E-state index contributed by atoms with van der Waals surface area (Å²) < 4.78 is 0. The van der Waals surface area contributed by atoms with E-state index in [1.165, 1.54) is 11.8 Å². The molecule has 2 amide bonds. The van der Waals surface area contributed by atoms with E-state index in [1.807, 2.05) is 31.2 Å². The van der Waals surface area contributed by atoms with Gasteiger partial charge < -0.3 is 16.4 Å². The molecule has 0 saturated heterocycles. The summed E-state index contributed by atoms with van der Waals surface area (Å²) in [5.41, 5.74) is 7.27. The van der Waals surface area contributed by atoms with Crippen molar-refractivity contribution < 1.29 is 9.59 Å². The van der Waals surface area contributed by atoms with Crippen LogP contribution in [0.2, 0.25) is 0 Å². The Bertz CT molecular complexity index is 686. The molecule has 128 valence electrons. The van der Waals surface area contributed by atoms with E-state index in [0.717, 1.165) is 11.3 Å². The van der Waals surface area contributed by atoms with Crippen molar-refractivity contribution in [2.75, 3.05) is 29.1 Å². The second-order valence-electron chi connectivity index (χ2n) is 5.15. The Morgan fingerprint density at radius 2 is 1.92 bits per heavy atom. The summed E-state index contributed by atoms with van der Waals surface area (Å²) >= 11 is 1.26. The molecular weight excluding hydrogens is 328 g/mol. The Kier molecular flexibility index (Phi) is 6.62. The fourth-order valence-corrected chi connectivity index (χ4v) is 2.51. The number of aromatic amines is 1. The number of thioether (sulfide) groups is 1. The van der Waals surface area contributed by atoms with Crippen LogP contribution in [0.15, 0.2) is 24.3 Å². The Labute approximate surface area is 144 Å². The molecule has 9 heteroatoms. The Hall–Kier alpha value is -2.55. The summed E-state index contributed by atoms with van der Waals surface area (Å²) in [7, 11) is 0. The van der Waals surface area contributed by atoms with E-state index in [2.05, 4.69) is 25.8 Å². The molecule has 0 radical (unpaired) electrons. The number of hydrogen-bond acceptors (Lipinski definition) is 6. The fraction of sp³-hybridized carbons (Fsp3) is 0.333. The van der Waals surface area contributed by atoms with E-state index in [4.69, 9.17) is 5.73 Å². The molecule has 1 heterocycles. The molecule has 0 aliphatic carbocycles. The third-order valence-corrected chi connectivity index (χ3v) is 3.97.